The topological polar surface area (TPSA) is 66.8 Å². The first-order valence-electron chi connectivity index (χ1n) is 9.07. The van der Waals surface area contributed by atoms with E-state index in [2.05, 4.69) is 13.0 Å². The highest BCUT2D eigenvalue weighted by Gasteiger charge is 2.59. The normalized spacial score (nSPS) is 40.4. The summed E-state index contributed by atoms with van der Waals surface area (Å²) in [6.07, 6.45) is 3.98. The van der Waals surface area contributed by atoms with Gasteiger partial charge >= 0.3 is 5.97 Å². The Hall–Kier alpha value is -1.55. The Morgan fingerprint density at radius 3 is 2.88 bits per heavy atom. The third-order valence-corrected chi connectivity index (χ3v) is 6.94. The molecule has 4 nitrogen and oxygen atoms in total. The highest BCUT2D eigenvalue weighted by atomic mass is 16.5. The first kappa shape index (κ1) is 15.9. The van der Waals surface area contributed by atoms with E-state index in [9.17, 15) is 15.0 Å². The fraction of sp³-hybridized carbons (Fsp3) is 0.650. The van der Waals surface area contributed by atoms with Crippen LogP contribution in [0.5, 0.6) is 5.75 Å². The molecule has 6 atom stereocenters. The second-order valence-corrected chi connectivity index (χ2v) is 8.16. The lowest BCUT2D eigenvalue weighted by atomic mass is 9.55. The molecule has 24 heavy (non-hydrogen) atoms. The number of aliphatic hydroxyl groups is 1. The zero-order chi connectivity index (χ0) is 17.1. The first-order valence-corrected chi connectivity index (χ1v) is 9.07. The average Bonchev–Trinajstić information content (AvgIpc) is 2.77. The average molecular weight is 330 g/mol. The molecule has 4 rings (SSSR count). The first-order chi connectivity index (χ1) is 11.4. The number of rotatable bonds is 1. The summed E-state index contributed by atoms with van der Waals surface area (Å²) < 4.78 is 5.63. The van der Waals surface area contributed by atoms with Crippen molar-refractivity contribution in [1.82, 2.24) is 0 Å². The van der Waals surface area contributed by atoms with Crippen LogP contribution in [-0.4, -0.2) is 28.4 Å². The van der Waals surface area contributed by atoms with E-state index in [1.54, 1.807) is 6.07 Å². The Kier molecular flexibility index (Phi) is 3.64. The summed E-state index contributed by atoms with van der Waals surface area (Å²) in [5.74, 6) is 1.18. The minimum absolute atomic E-state index is 0.157. The quantitative estimate of drug-likeness (QED) is 0.776. The number of phenolic OH excluding ortho intramolecular Hbond substituents is 1. The number of ether oxygens (including phenoxy) is 1. The SMILES string of the molecule is CC(=O)O[C@@H]1C[C@H](O)[C@@]2(C)CC[C@H]3c4ccc(O)cc4CC[C@H]3[C@H]12. The third-order valence-electron chi connectivity index (χ3n) is 6.94. The molecule has 3 aliphatic carbocycles. The molecule has 0 saturated heterocycles. The molecular weight excluding hydrogens is 304 g/mol. The molecule has 130 valence electrons. The van der Waals surface area contributed by atoms with Crippen LogP contribution >= 0.6 is 0 Å². The van der Waals surface area contributed by atoms with Crippen LogP contribution < -0.4 is 0 Å². The van der Waals surface area contributed by atoms with Crippen LogP contribution in [0, 0.1) is 17.3 Å². The molecule has 0 spiro atoms. The van der Waals surface area contributed by atoms with Crippen LogP contribution in [0.1, 0.15) is 56.6 Å². The number of phenols is 1. The van der Waals surface area contributed by atoms with E-state index in [0.29, 0.717) is 24.0 Å². The standard InChI is InChI=1S/C20H26O4/c1-11(21)24-17-10-18(23)20(2)8-7-15-14-6-4-13(22)9-12(14)3-5-16(15)19(17)20/h4,6,9,15-19,22-23H,3,5,7-8,10H2,1-2H3/t15-,16+,17+,18-,19+,20+/m0/s1. The summed E-state index contributed by atoms with van der Waals surface area (Å²) in [6, 6.07) is 5.74. The summed E-state index contributed by atoms with van der Waals surface area (Å²) in [4.78, 5) is 11.5. The molecular formula is C20H26O4. The molecule has 0 aromatic heterocycles. The lowest BCUT2D eigenvalue weighted by Crippen LogP contribution is -2.47. The van der Waals surface area contributed by atoms with Crippen molar-refractivity contribution < 1.29 is 19.7 Å². The number of hydrogen-bond acceptors (Lipinski definition) is 4. The largest absolute Gasteiger partial charge is 0.508 e. The van der Waals surface area contributed by atoms with Crippen molar-refractivity contribution >= 4 is 5.97 Å². The number of benzene rings is 1. The minimum Gasteiger partial charge on any atom is -0.508 e. The van der Waals surface area contributed by atoms with Gasteiger partial charge in [0.2, 0.25) is 0 Å². The summed E-state index contributed by atoms with van der Waals surface area (Å²) in [5, 5.41) is 20.4. The lowest BCUT2D eigenvalue weighted by molar-refractivity contribution is -0.152. The van der Waals surface area contributed by atoms with Crippen molar-refractivity contribution in [3.8, 4) is 5.75 Å². The van der Waals surface area contributed by atoms with E-state index >= 15 is 0 Å². The van der Waals surface area contributed by atoms with Gasteiger partial charge in [0, 0.05) is 24.7 Å². The molecule has 0 radical (unpaired) electrons. The molecule has 0 amide bonds. The van der Waals surface area contributed by atoms with Gasteiger partial charge < -0.3 is 14.9 Å². The highest BCUT2D eigenvalue weighted by Crippen LogP contribution is 2.61. The van der Waals surface area contributed by atoms with E-state index in [1.165, 1.54) is 18.1 Å². The fourth-order valence-corrected chi connectivity index (χ4v) is 5.91. The van der Waals surface area contributed by atoms with Crippen molar-refractivity contribution in [1.29, 1.82) is 0 Å². The zero-order valence-corrected chi connectivity index (χ0v) is 14.4. The molecule has 2 saturated carbocycles. The summed E-state index contributed by atoms with van der Waals surface area (Å²) in [7, 11) is 0. The van der Waals surface area contributed by atoms with Crippen molar-refractivity contribution in [3.63, 3.8) is 0 Å². The number of carbonyl (C=O) groups excluding carboxylic acids is 1. The summed E-state index contributed by atoms with van der Waals surface area (Å²) in [6.45, 7) is 3.63. The van der Waals surface area contributed by atoms with Gasteiger partial charge in [-0.3, -0.25) is 4.79 Å². The predicted molar refractivity (Wildman–Crippen MR) is 89.7 cm³/mol. The van der Waals surface area contributed by atoms with E-state index in [1.807, 2.05) is 6.07 Å². The van der Waals surface area contributed by atoms with Crippen molar-refractivity contribution in [3.05, 3.63) is 29.3 Å². The number of esters is 1. The molecule has 0 unspecified atom stereocenters. The van der Waals surface area contributed by atoms with Gasteiger partial charge in [0.1, 0.15) is 11.9 Å². The van der Waals surface area contributed by atoms with Crippen LogP contribution in [0.3, 0.4) is 0 Å². The van der Waals surface area contributed by atoms with Crippen LogP contribution in [0.15, 0.2) is 18.2 Å². The monoisotopic (exact) mass is 330 g/mol. The van der Waals surface area contributed by atoms with Crippen molar-refractivity contribution in [2.45, 2.75) is 64.1 Å². The number of aromatic hydroxyl groups is 1. The van der Waals surface area contributed by atoms with Gasteiger partial charge in [-0.2, -0.15) is 0 Å². The van der Waals surface area contributed by atoms with Gasteiger partial charge in [0.25, 0.3) is 0 Å². The number of aryl methyl sites for hydroxylation is 1. The molecule has 4 heteroatoms. The molecule has 2 N–H and O–H groups in total. The highest BCUT2D eigenvalue weighted by molar-refractivity contribution is 5.66. The maximum atomic E-state index is 11.5. The number of aliphatic hydroxyl groups excluding tert-OH is 1. The zero-order valence-electron chi connectivity index (χ0n) is 14.4. The molecule has 0 heterocycles. The lowest BCUT2D eigenvalue weighted by Gasteiger charge is -2.50. The number of fused-ring (bicyclic) bond motifs is 5. The van der Waals surface area contributed by atoms with E-state index in [4.69, 9.17) is 4.74 Å². The Labute approximate surface area is 142 Å². The molecule has 2 fully saturated rings. The van der Waals surface area contributed by atoms with Gasteiger partial charge in [-0.05, 0) is 60.8 Å². The maximum absolute atomic E-state index is 11.5. The van der Waals surface area contributed by atoms with Gasteiger partial charge in [0.05, 0.1) is 6.10 Å². The van der Waals surface area contributed by atoms with Gasteiger partial charge in [-0.15, -0.1) is 0 Å². The minimum atomic E-state index is -0.394. The smallest absolute Gasteiger partial charge is 0.302 e. The van der Waals surface area contributed by atoms with Crippen LogP contribution in [-0.2, 0) is 16.0 Å². The molecule has 0 aliphatic heterocycles. The van der Waals surface area contributed by atoms with E-state index < -0.39 is 6.10 Å². The van der Waals surface area contributed by atoms with Gasteiger partial charge in [-0.1, -0.05) is 13.0 Å². The number of carbonyl (C=O) groups is 1. The summed E-state index contributed by atoms with van der Waals surface area (Å²) >= 11 is 0. The van der Waals surface area contributed by atoms with E-state index in [-0.39, 0.29) is 23.4 Å². The molecule has 0 bridgehead atoms. The molecule has 1 aromatic rings. The van der Waals surface area contributed by atoms with Gasteiger partial charge in [-0.25, -0.2) is 0 Å². The van der Waals surface area contributed by atoms with Crippen molar-refractivity contribution in [2.75, 3.05) is 0 Å². The van der Waals surface area contributed by atoms with Crippen molar-refractivity contribution in [2.24, 2.45) is 17.3 Å². The van der Waals surface area contributed by atoms with Gasteiger partial charge in [0.15, 0.2) is 0 Å². The van der Waals surface area contributed by atoms with Crippen LogP contribution in [0.4, 0.5) is 0 Å². The Bertz CT molecular complexity index is 670. The Morgan fingerprint density at radius 2 is 2.12 bits per heavy atom. The van der Waals surface area contributed by atoms with E-state index in [0.717, 1.165) is 25.7 Å². The Morgan fingerprint density at radius 1 is 1.33 bits per heavy atom. The molecule has 3 aliphatic rings. The van der Waals surface area contributed by atoms with Crippen LogP contribution in [0.2, 0.25) is 0 Å². The number of hydrogen-bond donors (Lipinski definition) is 2. The third kappa shape index (κ3) is 2.26. The predicted octanol–water partition coefficient (Wildman–Crippen LogP) is 3.15. The summed E-state index contributed by atoms with van der Waals surface area (Å²) in [5.41, 5.74) is 2.44. The van der Waals surface area contributed by atoms with Crippen LogP contribution in [0.25, 0.3) is 0 Å². The molecule has 1 aromatic carbocycles. The Balaban J connectivity index is 1.71. The fourth-order valence-electron chi connectivity index (χ4n) is 5.91. The second-order valence-electron chi connectivity index (χ2n) is 8.16. The second kappa shape index (κ2) is 5.48. The maximum Gasteiger partial charge on any atom is 0.302 e.